The first kappa shape index (κ1) is 16.6. The standard InChI is InChI=1S/C17H20N2O4/c1-4-5-13-8-9-19(18-13)14-7-6-12(2)15(10-14)23-16(11-22-3)17(20)21/h6-11H,4-5H2,1-3H3,(H,20,21). The van der Waals surface area contributed by atoms with E-state index in [1.807, 2.05) is 31.3 Å². The molecule has 0 bridgehead atoms. The van der Waals surface area contributed by atoms with Gasteiger partial charge in [0.15, 0.2) is 0 Å². The minimum Gasteiger partial charge on any atom is -0.500 e. The molecule has 2 rings (SSSR count). The number of hydrogen-bond donors (Lipinski definition) is 1. The molecule has 0 aliphatic heterocycles. The number of aromatic nitrogens is 2. The van der Waals surface area contributed by atoms with E-state index >= 15 is 0 Å². The number of nitrogens with zero attached hydrogens (tertiary/aromatic N) is 2. The zero-order valence-corrected chi connectivity index (χ0v) is 13.4. The lowest BCUT2D eigenvalue weighted by atomic mass is 10.2. The molecule has 0 radical (unpaired) electrons. The highest BCUT2D eigenvalue weighted by Gasteiger charge is 2.13. The van der Waals surface area contributed by atoms with Crippen LogP contribution in [0.25, 0.3) is 5.69 Å². The average molecular weight is 316 g/mol. The Balaban J connectivity index is 2.31. The van der Waals surface area contributed by atoms with E-state index in [-0.39, 0.29) is 5.76 Å². The van der Waals surface area contributed by atoms with Crippen molar-refractivity contribution in [2.24, 2.45) is 0 Å². The summed E-state index contributed by atoms with van der Waals surface area (Å²) in [4.78, 5) is 11.1. The zero-order valence-electron chi connectivity index (χ0n) is 13.4. The van der Waals surface area contributed by atoms with Gasteiger partial charge >= 0.3 is 5.97 Å². The van der Waals surface area contributed by atoms with Gasteiger partial charge in [-0.05, 0) is 31.0 Å². The van der Waals surface area contributed by atoms with Crippen molar-refractivity contribution in [2.45, 2.75) is 26.7 Å². The first-order valence-corrected chi connectivity index (χ1v) is 7.34. The summed E-state index contributed by atoms with van der Waals surface area (Å²) in [6, 6.07) is 7.49. The number of methoxy groups -OCH3 is 1. The van der Waals surface area contributed by atoms with Crippen LogP contribution in [0, 0.1) is 6.92 Å². The second kappa shape index (κ2) is 7.49. The van der Waals surface area contributed by atoms with Gasteiger partial charge < -0.3 is 14.6 Å². The van der Waals surface area contributed by atoms with Crippen LogP contribution in [0.15, 0.2) is 42.5 Å². The molecule has 6 heteroatoms. The average Bonchev–Trinajstić information content (AvgIpc) is 2.97. The Kier molecular flexibility index (Phi) is 5.41. The van der Waals surface area contributed by atoms with Crippen LogP contribution in [0.5, 0.6) is 5.75 Å². The molecular formula is C17H20N2O4. The van der Waals surface area contributed by atoms with E-state index in [0.29, 0.717) is 5.75 Å². The molecule has 0 aliphatic rings. The van der Waals surface area contributed by atoms with Gasteiger partial charge in [0.05, 0.1) is 18.5 Å². The van der Waals surface area contributed by atoms with Crippen LogP contribution < -0.4 is 4.74 Å². The summed E-state index contributed by atoms with van der Waals surface area (Å²) in [5.74, 6) is -1.03. The third kappa shape index (κ3) is 4.12. The molecule has 0 atom stereocenters. The quantitative estimate of drug-likeness (QED) is 0.627. The number of carboxylic acid groups (broad SMARTS) is 1. The molecule has 0 aliphatic carbocycles. The van der Waals surface area contributed by atoms with E-state index in [1.165, 1.54) is 7.11 Å². The van der Waals surface area contributed by atoms with Crippen molar-refractivity contribution >= 4 is 5.97 Å². The largest absolute Gasteiger partial charge is 0.500 e. The van der Waals surface area contributed by atoms with E-state index in [2.05, 4.69) is 12.0 Å². The Bertz CT molecular complexity index is 719. The third-order valence-electron chi connectivity index (χ3n) is 3.24. The fourth-order valence-electron chi connectivity index (χ4n) is 2.08. The Morgan fingerprint density at radius 3 is 2.83 bits per heavy atom. The highest BCUT2D eigenvalue weighted by atomic mass is 16.5. The number of benzene rings is 1. The summed E-state index contributed by atoms with van der Waals surface area (Å²) in [5.41, 5.74) is 2.63. The minimum atomic E-state index is -1.19. The molecule has 0 saturated carbocycles. The van der Waals surface area contributed by atoms with Gasteiger partial charge in [0.25, 0.3) is 0 Å². The van der Waals surface area contributed by atoms with Crippen LogP contribution in [-0.2, 0) is 16.0 Å². The summed E-state index contributed by atoms with van der Waals surface area (Å²) in [6.45, 7) is 3.95. The number of rotatable bonds is 7. The normalized spacial score (nSPS) is 11.3. The highest BCUT2D eigenvalue weighted by Crippen LogP contribution is 2.24. The van der Waals surface area contributed by atoms with Gasteiger partial charge in [0, 0.05) is 12.3 Å². The summed E-state index contributed by atoms with van der Waals surface area (Å²) < 4.78 is 11.9. The minimum absolute atomic E-state index is 0.278. The van der Waals surface area contributed by atoms with E-state index in [1.54, 1.807) is 10.7 Å². The van der Waals surface area contributed by atoms with Crippen molar-refractivity contribution in [1.29, 1.82) is 0 Å². The Morgan fingerprint density at radius 1 is 1.39 bits per heavy atom. The maximum Gasteiger partial charge on any atom is 0.375 e. The SMILES string of the molecule is CCCc1ccn(-c2ccc(C)c(OC(=COC)C(=O)O)c2)n1. The molecule has 0 unspecified atom stereocenters. The van der Waals surface area contributed by atoms with Crippen molar-refractivity contribution in [3.63, 3.8) is 0 Å². The molecule has 0 saturated heterocycles. The fourth-order valence-corrected chi connectivity index (χ4v) is 2.08. The van der Waals surface area contributed by atoms with Gasteiger partial charge in [0.2, 0.25) is 5.76 Å². The summed E-state index contributed by atoms with van der Waals surface area (Å²) in [7, 11) is 1.37. The molecular weight excluding hydrogens is 296 g/mol. The predicted octanol–water partition coefficient (Wildman–Crippen LogP) is 3.08. The van der Waals surface area contributed by atoms with Crippen LogP contribution in [0.2, 0.25) is 0 Å². The Morgan fingerprint density at radius 2 is 2.17 bits per heavy atom. The van der Waals surface area contributed by atoms with Gasteiger partial charge in [-0.3, -0.25) is 0 Å². The molecule has 0 spiro atoms. The first-order valence-electron chi connectivity index (χ1n) is 7.34. The van der Waals surface area contributed by atoms with Crippen molar-refractivity contribution in [1.82, 2.24) is 9.78 Å². The molecule has 1 heterocycles. The molecule has 2 aromatic rings. The molecule has 1 N–H and O–H groups in total. The Labute approximate surface area is 135 Å². The number of aliphatic carboxylic acids is 1. The van der Waals surface area contributed by atoms with Crippen molar-refractivity contribution < 1.29 is 19.4 Å². The van der Waals surface area contributed by atoms with Gasteiger partial charge in [-0.25, -0.2) is 9.48 Å². The summed E-state index contributed by atoms with van der Waals surface area (Å²) >= 11 is 0. The molecule has 1 aromatic carbocycles. The molecule has 23 heavy (non-hydrogen) atoms. The lowest BCUT2D eigenvalue weighted by molar-refractivity contribution is -0.135. The van der Waals surface area contributed by atoms with Gasteiger partial charge in [-0.1, -0.05) is 19.4 Å². The highest BCUT2D eigenvalue weighted by molar-refractivity contribution is 5.84. The fraction of sp³-hybridized carbons (Fsp3) is 0.294. The van der Waals surface area contributed by atoms with E-state index in [4.69, 9.17) is 14.6 Å². The van der Waals surface area contributed by atoms with E-state index < -0.39 is 5.97 Å². The van der Waals surface area contributed by atoms with Crippen LogP contribution in [0.4, 0.5) is 0 Å². The summed E-state index contributed by atoms with van der Waals surface area (Å²) in [6.07, 6.45) is 4.88. The van der Waals surface area contributed by atoms with Crippen molar-refractivity contribution in [3.8, 4) is 11.4 Å². The molecule has 1 aromatic heterocycles. The predicted molar refractivity (Wildman–Crippen MR) is 85.7 cm³/mol. The Hall–Kier alpha value is -2.76. The number of ether oxygens (including phenoxy) is 2. The number of carbonyl (C=O) groups is 1. The molecule has 122 valence electrons. The monoisotopic (exact) mass is 316 g/mol. The van der Waals surface area contributed by atoms with Crippen molar-refractivity contribution in [3.05, 3.63) is 53.7 Å². The third-order valence-corrected chi connectivity index (χ3v) is 3.24. The molecule has 0 fully saturated rings. The lowest BCUT2D eigenvalue weighted by Crippen LogP contribution is -2.09. The van der Waals surface area contributed by atoms with Gasteiger partial charge in [0.1, 0.15) is 12.0 Å². The maximum absolute atomic E-state index is 11.1. The van der Waals surface area contributed by atoms with Crippen LogP contribution in [0.3, 0.4) is 0 Å². The zero-order chi connectivity index (χ0) is 16.8. The lowest BCUT2D eigenvalue weighted by Gasteiger charge is -2.11. The number of hydrogen-bond acceptors (Lipinski definition) is 4. The second-order valence-corrected chi connectivity index (χ2v) is 5.08. The first-order chi connectivity index (χ1) is 11.0. The number of aryl methyl sites for hydroxylation is 2. The molecule has 0 amide bonds. The topological polar surface area (TPSA) is 73.6 Å². The van der Waals surface area contributed by atoms with Crippen molar-refractivity contribution in [2.75, 3.05) is 7.11 Å². The second-order valence-electron chi connectivity index (χ2n) is 5.08. The van der Waals surface area contributed by atoms with Gasteiger partial charge in [-0.15, -0.1) is 0 Å². The number of carboxylic acids is 1. The van der Waals surface area contributed by atoms with Gasteiger partial charge in [-0.2, -0.15) is 5.10 Å². The van der Waals surface area contributed by atoms with E-state index in [0.717, 1.165) is 36.0 Å². The summed E-state index contributed by atoms with van der Waals surface area (Å²) in [5, 5.41) is 13.6. The molecule has 6 nitrogen and oxygen atoms in total. The van der Waals surface area contributed by atoms with Crippen LogP contribution in [-0.4, -0.2) is 28.0 Å². The van der Waals surface area contributed by atoms with E-state index in [9.17, 15) is 4.79 Å². The smallest absolute Gasteiger partial charge is 0.375 e. The van der Waals surface area contributed by atoms with Crippen LogP contribution in [0.1, 0.15) is 24.6 Å². The maximum atomic E-state index is 11.1. The van der Waals surface area contributed by atoms with Crippen LogP contribution >= 0.6 is 0 Å².